The molecular weight excluding hydrogens is 447 g/mol. The number of guanidine groups is 1. The molecule has 2 N–H and O–H groups in total. The van der Waals surface area contributed by atoms with Crippen LogP contribution in [0.5, 0.6) is 0 Å². The lowest BCUT2D eigenvalue weighted by Gasteiger charge is -2.27. The van der Waals surface area contributed by atoms with Crippen LogP contribution in [0.1, 0.15) is 19.3 Å². The first-order valence-electron chi connectivity index (χ1n) is 7.95. The minimum absolute atomic E-state index is 0. The Morgan fingerprint density at radius 1 is 1.30 bits per heavy atom. The first-order chi connectivity index (χ1) is 10.5. The van der Waals surface area contributed by atoms with Gasteiger partial charge in [0.25, 0.3) is 0 Å². The number of halogens is 1. The van der Waals surface area contributed by atoms with E-state index in [9.17, 15) is 8.42 Å². The van der Waals surface area contributed by atoms with E-state index in [4.69, 9.17) is 0 Å². The van der Waals surface area contributed by atoms with Crippen molar-refractivity contribution in [1.82, 2.24) is 15.5 Å². The van der Waals surface area contributed by atoms with Crippen molar-refractivity contribution in [2.45, 2.75) is 30.6 Å². The minimum atomic E-state index is -2.79. The number of sulfone groups is 1. The fraction of sp³-hybridized carbons (Fsp3) is 0.929. The van der Waals surface area contributed by atoms with Crippen LogP contribution in [-0.4, -0.2) is 81.6 Å². The van der Waals surface area contributed by atoms with E-state index in [0.717, 1.165) is 24.3 Å². The third-order valence-electron chi connectivity index (χ3n) is 4.44. The van der Waals surface area contributed by atoms with Crippen molar-refractivity contribution in [2.24, 2.45) is 4.99 Å². The molecule has 136 valence electrons. The molecule has 6 nitrogen and oxygen atoms in total. The second-order valence-corrected chi connectivity index (χ2v) is 9.45. The van der Waals surface area contributed by atoms with Gasteiger partial charge in [0.05, 0.1) is 11.5 Å². The van der Waals surface area contributed by atoms with E-state index in [1.165, 1.54) is 19.3 Å². The molecule has 1 saturated carbocycles. The molecule has 2 aliphatic rings. The summed E-state index contributed by atoms with van der Waals surface area (Å²) in [6, 6.07) is 0.517. The van der Waals surface area contributed by atoms with Crippen LogP contribution in [0.3, 0.4) is 0 Å². The summed E-state index contributed by atoms with van der Waals surface area (Å²) < 4.78 is 22.8. The van der Waals surface area contributed by atoms with Gasteiger partial charge in [-0.3, -0.25) is 9.89 Å². The lowest BCUT2D eigenvalue weighted by molar-refractivity contribution is 0.299. The molecule has 1 saturated heterocycles. The van der Waals surface area contributed by atoms with Gasteiger partial charge in [0.2, 0.25) is 0 Å². The number of rotatable bonds is 5. The van der Waals surface area contributed by atoms with Crippen molar-refractivity contribution in [1.29, 1.82) is 0 Å². The number of aliphatic imine (C=N–C) groups is 1. The van der Waals surface area contributed by atoms with Gasteiger partial charge in [0.15, 0.2) is 15.8 Å². The Balaban J connectivity index is 0.00000264. The molecule has 0 amide bonds. The van der Waals surface area contributed by atoms with Crippen LogP contribution in [0.15, 0.2) is 4.99 Å². The van der Waals surface area contributed by atoms with Crippen molar-refractivity contribution in [3.8, 4) is 0 Å². The lowest BCUT2D eigenvalue weighted by atomic mass is 10.2. The average molecular weight is 476 g/mol. The van der Waals surface area contributed by atoms with E-state index in [1.807, 2.05) is 11.8 Å². The number of nitrogens with one attached hydrogen (secondary N) is 2. The van der Waals surface area contributed by atoms with E-state index in [2.05, 4.69) is 26.8 Å². The molecule has 1 aliphatic heterocycles. The Morgan fingerprint density at radius 3 is 2.57 bits per heavy atom. The maximum absolute atomic E-state index is 11.4. The Kier molecular flexibility index (Phi) is 9.54. The molecule has 0 aromatic carbocycles. The SMILES string of the molecule is CN=C(NCCN1CCS(=O)(=O)CC1)NC1CCC(SC)C1.I. The summed E-state index contributed by atoms with van der Waals surface area (Å²) in [4.78, 5) is 6.48. The van der Waals surface area contributed by atoms with E-state index >= 15 is 0 Å². The van der Waals surface area contributed by atoms with Crippen LogP contribution in [0.25, 0.3) is 0 Å². The smallest absolute Gasteiger partial charge is 0.191 e. The van der Waals surface area contributed by atoms with Gasteiger partial charge in [-0.2, -0.15) is 11.8 Å². The third-order valence-corrected chi connectivity index (χ3v) is 7.14. The summed E-state index contributed by atoms with van der Waals surface area (Å²) in [5.74, 6) is 1.44. The Labute approximate surface area is 161 Å². The highest BCUT2D eigenvalue weighted by Crippen LogP contribution is 2.27. The third kappa shape index (κ3) is 7.35. The van der Waals surface area contributed by atoms with Crippen molar-refractivity contribution in [2.75, 3.05) is 51.0 Å². The Morgan fingerprint density at radius 2 is 2.00 bits per heavy atom. The van der Waals surface area contributed by atoms with Crippen LogP contribution < -0.4 is 10.6 Å². The summed E-state index contributed by atoms with van der Waals surface area (Å²) in [6.45, 7) is 2.94. The molecule has 2 unspecified atom stereocenters. The van der Waals surface area contributed by atoms with Crippen molar-refractivity contribution >= 4 is 51.5 Å². The maximum atomic E-state index is 11.4. The van der Waals surface area contributed by atoms with Crippen LogP contribution >= 0.6 is 35.7 Å². The molecule has 2 atom stereocenters. The van der Waals surface area contributed by atoms with Crippen molar-refractivity contribution in [3.05, 3.63) is 0 Å². The number of hydrogen-bond donors (Lipinski definition) is 2. The zero-order valence-electron chi connectivity index (χ0n) is 14.0. The summed E-state index contributed by atoms with van der Waals surface area (Å²) in [7, 11) is -0.990. The van der Waals surface area contributed by atoms with E-state index < -0.39 is 9.84 Å². The van der Waals surface area contributed by atoms with Crippen LogP contribution in [0.2, 0.25) is 0 Å². The molecule has 2 rings (SSSR count). The molecule has 23 heavy (non-hydrogen) atoms. The van der Waals surface area contributed by atoms with Gasteiger partial charge < -0.3 is 10.6 Å². The molecule has 2 fully saturated rings. The highest BCUT2D eigenvalue weighted by Gasteiger charge is 2.24. The molecule has 1 heterocycles. The molecular formula is C14H29IN4O2S2. The van der Waals surface area contributed by atoms with Gasteiger partial charge in [-0.05, 0) is 25.5 Å². The maximum Gasteiger partial charge on any atom is 0.191 e. The normalized spacial score (nSPS) is 28.2. The molecule has 0 aromatic heterocycles. The second-order valence-electron chi connectivity index (χ2n) is 6.00. The predicted octanol–water partition coefficient (Wildman–Crippen LogP) is 0.784. The first-order valence-corrected chi connectivity index (χ1v) is 11.1. The molecule has 0 radical (unpaired) electrons. The lowest BCUT2D eigenvalue weighted by Crippen LogP contribution is -2.47. The zero-order chi connectivity index (χ0) is 16.0. The topological polar surface area (TPSA) is 73.8 Å². The average Bonchev–Trinajstić information content (AvgIpc) is 2.95. The van der Waals surface area contributed by atoms with Gasteiger partial charge in [-0.25, -0.2) is 8.42 Å². The van der Waals surface area contributed by atoms with Crippen LogP contribution in [0.4, 0.5) is 0 Å². The van der Waals surface area contributed by atoms with E-state index in [-0.39, 0.29) is 35.5 Å². The van der Waals surface area contributed by atoms with Crippen molar-refractivity contribution < 1.29 is 8.42 Å². The van der Waals surface area contributed by atoms with Crippen LogP contribution in [0, 0.1) is 0 Å². The first kappa shape index (κ1) is 21.3. The highest BCUT2D eigenvalue weighted by molar-refractivity contribution is 14.0. The zero-order valence-corrected chi connectivity index (χ0v) is 17.9. The molecule has 0 spiro atoms. The Hall–Kier alpha value is 0.260. The quantitative estimate of drug-likeness (QED) is 0.347. The van der Waals surface area contributed by atoms with Gasteiger partial charge in [0.1, 0.15) is 0 Å². The second kappa shape index (κ2) is 10.3. The highest BCUT2D eigenvalue weighted by atomic mass is 127. The van der Waals surface area contributed by atoms with Gasteiger partial charge in [0, 0.05) is 44.5 Å². The number of nitrogens with zero attached hydrogens (tertiary/aromatic N) is 2. The summed E-state index contributed by atoms with van der Waals surface area (Å²) in [6.07, 6.45) is 5.86. The number of hydrogen-bond acceptors (Lipinski definition) is 5. The van der Waals surface area contributed by atoms with Gasteiger partial charge >= 0.3 is 0 Å². The van der Waals surface area contributed by atoms with Crippen LogP contribution in [-0.2, 0) is 9.84 Å². The van der Waals surface area contributed by atoms with Gasteiger partial charge in [-0.15, -0.1) is 24.0 Å². The largest absolute Gasteiger partial charge is 0.355 e. The molecule has 0 bridgehead atoms. The summed E-state index contributed by atoms with van der Waals surface area (Å²) in [5, 5.41) is 7.60. The molecule has 0 aromatic rings. The predicted molar refractivity (Wildman–Crippen MR) is 110 cm³/mol. The van der Waals surface area contributed by atoms with E-state index in [1.54, 1.807) is 7.05 Å². The Bertz CT molecular complexity index is 473. The fourth-order valence-electron chi connectivity index (χ4n) is 2.98. The standard InChI is InChI=1S/C14H28N4O2S2.HI/c1-15-14(17-12-3-4-13(11-12)21-2)16-5-6-18-7-9-22(19,20)10-8-18;/h12-13H,3-11H2,1-2H3,(H2,15,16,17);1H. The molecule has 9 heteroatoms. The monoisotopic (exact) mass is 476 g/mol. The van der Waals surface area contributed by atoms with Crippen molar-refractivity contribution in [3.63, 3.8) is 0 Å². The summed E-state index contributed by atoms with van der Waals surface area (Å²) in [5.41, 5.74) is 0. The fourth-order valence-corrected chi connectivity index (χ4v) is 5.05. The molecule has 1 aliphatic carbocycles. The summed E-state index contributed by atoms with van der Waals surface area (Å²) >= 11 is 1.95. The minimum Gasteiger partial charge on any atom is -0.355 e. The number of thioether (sulfide) groups is 1. The van der Waals surface area contributed by atoms with Gasteiger partial charge in [-0.1, -0.05) is 0 Å². The van der Waals surface area contributed by atoms with E-state index in [0.29, 0.717) is 19.1 Å².